The van der Waals surface area contributed by atoms with Crippen molar-refractivity contribution < 1.29 is 9.53 Å². The van der Waals surface area contributed by atoms with Crippen LogP contribution in [0.4, 0.5) is 5.13 Å². The maximum atomic E-state index is 13.1. The molecule has 0 bridgehead atoms. The number of amides is 1. The maximum absolute atomic E-state index is 13.1. The smallest absolute Gasteiger partial charge is 0.267 e. The normalized spacial score (nSPS) is 16.2. The number of amidine groups is 1. The van der Waals surface area contributed by atoms with Crippen molar-refractivity contribution in [2.45, 2.75) is 20.5 Å². The van der Waals surface area contributed by atoms with E-state index in [-0.39, 0.29) is 5.91 Å². The maximum Gasteiger partial charge on any atom is 0.267 e. The zero-order valence-corrected chi connectivity index (χ0v) is 19.4. The van der Waals surface area contributed by atoms with Gasteiger partial charge in [0.2, 0.25) is 5.13 Å². The highest BCUT2D eigenvalue weighted by atomic mass is 32.2. The van der Waals surface area contributed by atoms with E-state index in [1.807, 2.05) is 37.3 Å². The summed E-state index contributed by atoms with van der Waals surface area (Å²) in [7, 11) is 0. The molecule has 0 unspecified atom stereocenters. The van der Waals surface area contributed by atoms with Crippen LogP contribution in [0.1, 0.15) is 21.7 Å². The number of rotatable bonds is 7. The van der Waals surface area contributed by atoms with E-state index in [2.05, 4.69) is 53.0 Å². The molecule has 1 fully saturated rings. The quantitative estimate of drug-likeness (QED) is 0.341. The number of benzene rings is 2. The molecule has 0 N–H and O–H groups in total. The zero-order valence-electron chi connectivity index (χ0n) is 17.8. The van der Waals surface area contributed by atoms with Crippen molar-refractivity contribution in [2.75, 3.05) is 6.54 Å². The van der Waals surface area contributed by atoms with Gasteiger partial charge in [-0.25, -0.2) is 0 Å². The summed E-state index contributed by atoms with van der Waals surface area (Å²) < 4.78 is 6.07. The number of carbonyl (C=O) groups excluding carboxylic acids is 1. The zero-order chi connectivity index (χ0) is 22.5. The van der Waals surface area contributed by atoms with Crippen molar-refractivity contribution in [2.24, 2.45) is 4.99 Å². The van der Waals surface area contributed by atoms with Gasteiger partial charge in [-0.3, -0.25) is 9.69 Å². The van der Waals surface area contributed by atoms with Gasteiger partial charge in [-0.15, -0.1) is 16.8 Å². The second-order valence-corrected chi connectivity index (χ2v) is 9.29. The highest BCUT2D eigenvalue weighted by Gasteiger charge is 2.33. The van der Waals surface area contributed by atoms with E-state index < -0.39 is 0 Å². The first-order valence-corrected chi connectivity index (χ1v) is 11.7. The standard InChI is InChI=1S/C24H22N4O2S2/c1-4-13-28-22(29)21(32-24(28)25-23-27-26-17(3)31-23)14-19-7-5-6-8-20(19)30-15-18-11-9-16(2)10-12-18/h4-12,14H,1,13,15H2,2-3H3/b21-14-,25-24+. The summed E-state index contributed by atoms with van der Waals surface area (Å²) in [5.74, 6) is 0.595. The molecule has 6 nitrogen and oxygen atoms in total. The molecule has 0 atom stereocenters. The predicted octanol–water partition coefficient (Wildman–Crippen LogP) is 5.52. The third-order valence-electron chi connectivity index (χ3n) is 4.63. The second kappa shape index (κ2) is 9.93. The number of para-hydroxylation sites is 1. The lowest BCUT2D eigenvalue weighted by Crippen LogP contribution is -2.29. The Balaban J connectivity index is 1.59. The fourth-order valence-electron chi connectivity index (χ4n) is 3.01. The van der Waals surface area contributed by atoms with E-state index >= 15 is 0 Å². The summed E-state index contributed by atoms with van der Waals surface area (Å²) in [6.45, 7) is 8.51. The fourth-order valence-corrected chi connectivity index (χ4v) is 4.61. The molecule has 4 rings (SSSR count). The van der Waals surface area contributed by atoms with Crippen LogP contribution in [0.2, 0.25) is 0 Å². The van der Waals surface area contributed by atoms with E-state index in [0.29, 0.717) is 28.4 Å². The molecular weight excluding hydrogens is 440 g/mol. The molecule has 1 aromatic heterocycles. The van der Waals surface area contributed by atoms with Crippen LogP contribution in [0.25, 0.3) is 6.08 Å². The number of carbonyl (C=O) groups is 1. The van der Waals surface area contributed by atoms with Crippen LogP contribution in [0.5, 0.6) is 5.75 Å². The summed E-state index contributed by atoms with van der Waals surface area (Å²) in [5, 5.41) is 9.95. The van der Waals surface area contributed by atoms with Crippen molar-refractivity contribution in [3.05, 3.63) is 87.8 Å². The first kappa shape index (κ1) is 22.0. The van der Waals surface area contributed by atoms with Gasteiger partial charge in [0.25, 0.3) is 5.91 Å². The molecule has 1 saturated heterocycles. The van der Waals surface area contributed by atoms with Crippen LogP contribution >= 0.6 is 23.1 Å². The third kappa shape index (κ3) is 5.15. The van der Waals surface area contributed by atoms with E-state index in [1.54, 1.807) is 11.0 Å². The van der Waals surface area contributed by atoms with Crippen LogP contribution in [0, 0.1) is 13.8 Å². The average molecular weight is 463 g/mol. The predicted molar refractivity (Wildman–Crippen MR) is 131 cm³/mol. The van der Waals surface area contributed by atoms with Crippen molar-refractivity contribution in [1.82, 2.24) is 15.1 Å². The summed E-state index contributed by atoms with van der Waals surface area (Å²) >= 11 is 2.70. The number of thioether (sulfide) groups is 1. The molecule has 0 radical (unpaired) electrons. The SMILES string of the molecule is C=CCN1C(=O)/C(=C/c2ccccc2OCc2ccc(C)cc2)S/C1=N/c1nnc(C)s1. The number of nitrogens with zero attached hydrogens (tertiary/aromatic N) is 4. The van der Waals surface area contributed by atoms with Crippen LogP contribution in [0.3, 0.4) is 0 Å². The highest BCUT2D eigenvalue weighted by molar-refractivity contribution is 8.18. The Kier molecular flexibility index (Phi) is 6.82. The Labute approximate surface area is 195 Å². The van der Waals surface area contributed by atoms with Gasteiger partial charge in [0.05, 0.1) is 4.91 Å². The van der Waals surface area contributed by atoms with Crippen LogP contribution in [-0.4, -0.2) is 32.7 Å². The number of ether oxygens (including phenoxy) is 1. The first-order chi connectivity index (χ1) is 15.5. The van der Waals surface area contributed by atoms with E-state index in [4.69, 9.17) is 4.74 Å². The van der Waals surface area contributed by atoms with Gasteiger partial charge in [-0.2, -0.15) is 4.99 Å². The lowest BCUT2D eigenvalue weighted by molar-refractivity contribution is -0.121. The Morgan fingerprint density at radius 1 is 1.12 bits per heavy atom. The number of aromatic nitrogens is 2. The minimum absolute atomic E-state index is 0.122. The number of aryl methyl sites for hydroxylation is 2. The second-order valence-electron chi connectivity index (χ2n) is 7.13. The largest absolute Gasteiger partial charge is 0.488 e. The number of hydrogen-bond donors (Lipinski definition) is 0. The molecule has 2 heterocycles. The average Bonchev–Trinajstić information content (AvgIpc) is 3.32. The lowest BCUT2D eigenvalue weighted by atomic mass is 10.1. The summed E-state index contributed by atoms with van der Waals surface area (Å²) in [6.07, 6.45) is 3.53. The Morgan fingerprint density at radius 3 is 2.62 bits per heavy atom. The minimum Gasteiger partial charge on any atom is -0.488 e. The summed E-state index contributed by atoms with van der Waals surface area (Å²) in [5.41, 5.74) is 3.13. The Morgan fingerprint density at radius 2 is 1.91 bits per heavy atom. The highest BCUT2D eigenvalue weighted by Crippen LogP contribution is 2.36. The molecule has 1 aliphatic heterocycles. The summed E-state index contributed by atoms with van der Waals surface area (Å²) in [4.78, 5) is 19.8. The van der Waals surface area contributed by atoms with Crippen LogP contribution in [-0.2, 0) is 11.4 Å². The fraction of sp³-hybridized carbons (Fsp3) is 0.167. The van der Waals surface area contributed by atoms with Gasteiger partial charge in [0.1, 0.15) is 17.4 Å². The number of hydrogen-bond acceptors (Lipinski definition) is 7. The summed E-state index contributed by atoms with van der Waals surface area (Å²) in [6, 6.07) is 15.9. The van der Waals surface area contributed by atoms with Gasteiger partial charge >= 0.3 is 0 Å². The molecule has 32 heavy (non-hydrogen) atoms. The van der Waals surface area contributed by atoms with Crippen molar-refractivity contribution in [1.29, 1.82) is 0 Å². The van der Waals surface area contributed by atoms with Gasteiger partial charge in [0.15, 0.2) is 5.17 Å². The topological polar surface area (TPSA) is 67.7 Å². The molecular formula is C24H22N4O2S2. The van der Waals surface area contributed by atoms with E-state index in [0.717, 1.165) is 21.9 Å². The van der Waals surface area contributed by atoms with E-state index in [1.165, 1.54) is 28.7 Å². The monoisotopic (exact) mass is 462 g/mol. The molecule has 2 aromatic carbocycles. The molecule has 3 aromatic rings. The van der Waals surface area contributed by atoms with Crippen molar-refractivity contribution in [3.8, 4) is 5.75 Å². The molecule has 1 aliphatic rings. The molecule has 1 amide bonds. The first-order valence-electron chi connectivity index (χ1n) is 10.0. The molecule has 0 aliphatic carbocycles. The molecule has 162 valence electrons. The van der Waals surface area contributed by atoms with Crippen LogP contribution < -0.4 is 4.74 Å². The minimum atomic E-state index is -0.122. The third-order valence-corrected chi connectivity index (χ3v) is 6.37. The van der Waals surface area contributed by atoms with Crippen LogP contribution in [0.15, 0.2) is 71.1 Å². The molecule has 0 saturated carbocycles. The molecule has 8 heteroatoms. The molecule has 0 spiro atoms. The van der Waals surface area contributed by atoms with Crippen molar-refractivity contribution in [3.63, 3.8) is 0 Å². The Hall–Kier alpha value is -3.23. The van der Waals surface area contributed by atoms with Gasteiger partial charge in [-0.1, -0.05) is 65.4 Å². The van der Waals surface area contributed by atoms with Crippen molar-refractivity contribution >= 4 is 45.4 Å². The van der Waals surface area contributed by atoms with Gasteiger partial charge in [0, 0.05) is 12.1 Å². The lowest BCUT2D eigenvalue weighted by Gasteiger charge is -2.12. The van der Waals surface area contributed by atoms with Gasteiger partial charge < -0.3 is 4.74 Å². The van der Waals surface area contributed by atoms with E-state index in [9.17, 15) is 4.79 Å². The number of aliphatic imine (C=N–C) groups is 1. The van der Waals surface area contributed by atoms with Gasteiger partial charge in [-0.05, 0) is 43.3 Å². The Bertz CT molecular complexity index is 1200.